The molecule has 2 amide bonds. The second-order valence-corrected chi connectivity index (χ2v) is 7.92. The van der Waals surface area contributed by atoms with Gasteiger partial charge in [-0.25, -0.2) is 4.39 Å². The Morgan fingerprint density at radius 1 is 1.22 bits per heavy atom. The highest BCUT2D eigenvalue weighted by Gasteiger charge is 2.29. The first-order valence-corrected chi connectivity index (χ1v) is 10.1. The third-order valence-electron chi connectivity index (χ3n) is 4.56. The molecule has 27 heavy (non-hydrogen) atoms. The van der Waals surface area contributed by atoms with Crippen LogP contribution in [0.25, 0.3) is 0 Å². The fourth-order valence-electron chi connectivity index (χ4n) is 3.22. The lowest BCUT2D eigenvalue weighted by Gasteiger charge is -2.17. The molecule has 3 rings (SSSR count). The van der Waals surface area contributed by atoms with Crippen LogP contribution >= 0.6 is 11.8 Å². The molecule has 6 heteroatoms. The van der Waals surface area contributed by atoms with Crippen molar-refractivity contribution in [1.82, 2.24) is 10.2 Å². The number of nitrogens with zero attached hydrogens (tertiary/aromatic N) is 1. The Morgan fingerprint density at radius 2 is 1.96 bits per heavy atom. The molecule has 0 aromatic heterocycles. The van der Waals surface area contributed by atoms with Gasteiger partial charge in [0, 0.05) is 36.9 Å². The summed E-state index contributed by atoms with van der Waals surface area (Å²) in [6.07, 6.45) is 0.423. The van der Waals surface area contributed by atoms with E-state index in [1.165, 1.54) is 12.1 Å². The third kappa shape index (κ3) is 5.10. The van der Waals surface area contributed by atoms with Crippen molar-refractivity contribution in [3.8, 4) is 0 Å². The molecule has 1 aliphatic rings. The number of rotatable bonds is 7. The molecular formula is C21H23FN2O2S. The first-order chi connectivity index (χ1) is 13.1. The van der Waals surface area contributed by atoms with Gasteiger partial charge in [0.15, 0.2) is 0 Å². The average molecular weight is 386 g/mol. The quantitative estimate of drug-likeness (QED) is 0.738. The van der Waals surface area contributed by atoms with Gasteiger partial charge >= 0.3 is 0 Å². The molecule has 2 aromatic rings. The minimum absolute atomic E-state index is 0.0699. The Hall–Kier alpha value is -2.34. The van der Waals surface area contributed by atoms with Crippen LogP contribution < -0.4 is 5.32 Å². The fraction of sp³-hybridized carbons (Fsp3) is 0.333. The maximum atomic E-state index is 13.0. The molecule has 1 unspecified atom stereocenters. The van der Waals surface area contributed by atoms with Crippen LogP contribution in [0.5, 0.6) is 0 Å². The van der Waals surface area contributed by atoms with Crippen LogP contribution in [0.15, 0.2) is 53.4 Å². The summed E-state index contributed by atoms with van der Waals surface area (Å²) < 4.78 is 13.0. The summed E-state index contributed by atoms with van der Waals surface area (Å²) in [6, 6.07) is 13.8. The van der Waals surface area contributed by atoms with Crippen LogP contribution in [0.4, 0.5) is 4.39 Å². The number of hydrogen-bond acceptors (Lipinski definition) is 3. The average Bonchev–Trinajstić information content (AvgIpc) is 3.02. The van der Waals surface area contributed by atoms with Gasteiger partial charge in [-0.3, -0.25) is 9.59 Å². The normalized spacial score (nSPS) is 16.6. The molecule has 1 heterocycles. The zero-order valence-electron chi connectivity index (χ0n) is 15.3. The van der Waals surface area contributed by atoms with Crippen LogP contribution in [0, 0.1) is 11.7 Å². The summed E-state index contributed by atoms with van der Waals surface area (Å²) in [7, 11) is 0. The van der Waals surface area contributed by atoms with Crippen LogP contribution in [0.3, 0.4) is 0 Å². The number of thioether (sulfide) groups is 1. The Kier molecular flexibility index (Phi) is 6.50. The van der Waals surface area contributed by atoms with E-state index in [0.29, 0.717) is 31.6 Å². The van der Waals surface area contributed by atoms with E-state index < -0.39 is 0 Å². The summed E-state index contributed by atoms with van der Waals surface area (Å²) in [6.45, 7) is 3.59. The lowest BCUT2D eigenvalue weighted by atomic mass is 10.1. The van der Waals surface area contributed by atoms with Crippen LogP contribution in [-0.4, -0.2) is 35.6 Å². The molecule has 0 saturated carbocycles. The molecule has 4 nitrogen and oxygen atoms in total. The van der Waals surface area contributed by atoms with Gasteiger partial charge in [-0.05, 0) is 35.6 Å². The van der Waals surface area contributed by atoms with Crippen molar-refractivity contribution in [2.75, 3.05) is 18.8 Å². The maximum absolute atomic E-state index is 13.0. The Balaban J connectivity index is 1.54. The maximum Gasteiger partial charge on any atom is 0.252 e. The van der Waals surface area contributed by atoms with Gasteiger partial charge < -0.3 is 10.2 Å². The number of halogens is 1. The highest BCUT2D eigenvalue weighted by Crippen LogP contribution is 2.23. The SMILES string of the molecule is CCSc1ccccc1C(=O)NCC1CC(=O)N(Cc2ccc(F)cc2)C1. The summed E-state index contributed by atoms with van der Waals surface area (Å²) in [5, 5.41) is 2.97. The number of likely N-dealkylation sites (tertiary alicyclic amines) is 1. The Labute approximate surface area is 163 Å². The highest BCUT2D eigenvalue weighted by atomic mass is 32.2. The molecular weight excluding hydrogens is 363 g/mol. The van der Waals surface area contributed by atoms with Gasteiger partial charge in [-0.2, -0.15) is 0 Å². The number of carbonyl (C=O) groups excluding carboxylic acids is 2. The monoisotopic (exact) mass is 386 g/mol. The van der Waals surface area contributed by atoms with E-state index >= 15 is 0 Å². The lowest BCUT2D eigenvalue weighted by molar-refractivity contribution is -0.128. The van der Waals surface area contributed by atoms with E-state index in [-0.39, 0.29) is 23.5 Å². The molecule has 1 atom stereocenters. The zero-order chi connectivity index (χ0) is 19.2. The zero-order valence-corrected chi connectivity index (χ0v) is 16.1. The first kappa shape index (κ1) is 19.4. The van der Waals surface area contributed by atoms with E-state index in [1.807, 2.05) is 24.3 Å². The van der Waals surface area contributed by atoms with Crippen molar-refractivity contribution >= 4 is 23.6 Å². The van der Waals surface area contributed by atoms with Crippen LogP contribution in [-0.2, 0) is 11.3 Å². The summed E-state index contributed by atoms with van der Waals surface area (Å²) >= 11 is 1.64. The van der Waals surface area contributed by atoms with Crippen molar-refractivity contribution in [1.29, 1.82) is 0 Å². The molecule has 142 valence electrons. The molecule has 1 aliphatic heterocycles. The van der Waals surface area contributed by atoms with E-state index in [2.05, 4.69) is 12.2 Å². The molecule has 1 N–H and O–H groups in total. The highest BCUT2D eigenvalue weighted by molar-refractivity contribution is 7.99. The van der Waals surface area contributed by atoms with E-state index in [4.69, 9.17) is 0 Å². The minimum Gasteiger partial charge on any atom is -0.352 e. The van der Waals surface area contributed by atoms with Crippen molar-refractivity contribution < 1.29 is 14.0 Å². The summed E-state index contributed by atoms with van der Waals surface area (Å²) in [5.41, 5.74) is 1.58. The topological polar surface area (TPSA) is 49.4 Å². The first-order valence-electron chi connectivity index (χ1n) is 9.09. The van der Waals surface area contributed by atoms with Gasteiger partial charge in [-0.15, -0.1) is 11.8 Å². The predicted molar refractivity (Wildman–Crippen MR) is 105 cm³/mol. The van der Waals surface area contributed by atoms with E-state index in [0.717, 1.165) is 16.2 Å². The predicted octanol–water partition coefficient (Wildman–Crippen LogP) is 3.72. The second kappa shape index (κ2) is 9.04. The molecule has 0 aliphatic carbocycles. The summed E-state index contributed by atoms with van der Waals surface area (Å²) in [5.74, 6) is 0.678. The molecule has 0 bridgehead atoms. The molecule has 0 spiro atoms. The van der Waals surface area contributed by atoms with Gasteiger partial charge in [0.1, 0.15) is 5.82 Å². The largest absolute Gasteiger partial charge is 0.352 e. The standard InChI is InChI=1S/C21H23FN2O2S/c1-2-27-19-6-4-3-5-18(19)21(26)23-12-16-11-20(25)24(14-16)13-15-7-9-17(22)10-8-15/h3-10,16H,2,11-14H2,1H3,(H,23,26). The molecule has 0 radical (unpaired) electrons. The number of hydrogen-bond donors (Lipinski definition) is 1. The summed E-state index contributed by atoms with van der Waals surface area (Å²) in [4.78, 5) is 27.5. The van der Waals surface area contributed by atoms with Crippen molar-refractivity contribution in [3.05, 3.63) is 65.5 Å². The molecule has 2 aromatic carbocycles. The number of carbonyl (C=O) groups is 2. The van der Waals surface area contributed by atoms with Gasteiger partial charge in [0.2, 0.25) is 5.91 Å². The van der Waals surface area contributed by atoms with Gasteiger partial charge in [-0.1, -0.05) is 31.2 Å². The Morgan fingerprint density at radius 3 is 2.70 bits per heavy atom. The second-order valence-electron chi connectivity index (χ2n) is 6.61. The van der Waals surface area contributed by atoms with Crippen molar-refractivity contribution in [3.63, 3.8) is 0 Å². The minimum atomic E-state index is -0.284. The van der Waals surface area contributed by atoms with Gasteiger partial charge in [0.05, 0.1) is 5.56 Å². The molecule has 1 saturated heterocycles. The van der Waals surface area contributed by atoms with Gasteiger partial charge in [0.25, 0.3) is 5.91 Å². The number of nitrogens with one attached hydrogen (secondary N) is 1. The van der Waals surface area contributed by atoms with Crippen molar-refractivity contribution in [2.45, 2.75) is 24.8 Å². The number of benzene rings is 2. The van der Waals surface area contributed by atoms with Crippen LogP contribution in [0.1, 0.15) is 29.3 Å². The van der Waals surface area contributed by atoms with E-state index in [1.54, 1.807) is 28.8 Å². The Bertz CT molecular complexity index is 810. The van der Waals surface area contributed by atoms with Crippen molar-refractivity contribution in [2.24, 2.45) is 5.92 Å². The lowest BCUT2D eigenvalue weighted by Crippen LogP contribution is -2.31. The fourth-order valence-corrected chi connectivity index (χ4v) is 4.02. The van der Waals surface area contributed by atoms with Crippen LogP contribution in [0.2, 0.25) is 0 Å². The smallest absolute Gasteiger partial charge is 0.252 e. The third-order valence-corrected chi connectivity index (χ3v) is 5.52. The number of amides is 2. The van der Waals surface area contributed by atoms with E-state index in [9.17, 15) is 14.0 Å². The molecule has 1 fully saturated rings.